The Morgan fingerprint density at radius 3 is 2.79 bits per heavy atom. The lowest BCUT2D eigenvalue weighted by Crippen LogP contribution is -2.35. The first-order chi connectivity index (χ1) is 9.24. The summed E-state index contributed by atoms with van der Waals surface area (Å²) in [6, 6.07) is 6.15. The summed E-state index contributed by atoms with van der Waals surface area (Å²) in [6.45, 7) is 7.62. The van der Waals surface area contributed by atoms with Gasteiger partial charge in [0.25, 0.3) is 0 Å². The van der Waals surface area contributed by atoms with Crippen molar-refractivity contribution in [2.45, 2.75) is 26.7 Å². The van der Waals surface area contributed by atoms with Gasteiger partial charge in [-0.15, -0.1) is 0 Å². The summed E-state index contributed by atoms with van der Waals surface area (Å²) in [5.74, 6) is 1.59. The van der Waals surface area contributed by atoms with Gasteiger partial charge in [-0.3, -0.25) is 0 Å². The van der Waals surface area contributed by atoms with Gasteiger partial charge in [-0.05, 0) is 44.2 Å². The van der Waals surface area contributed by atoms with E-state index >= 15 is 0 Å². The minimum absolute atomic E-state index is 0.536. The Hall–Kier alpha value is -1.60. The highest BCUT2D eigenvalue weighted by molar-refractivity contribution is 5.45. The quantitative estimate of drug-likeness (QED) is 0.833. The van der Waals surface area contributed by atoms with Crippen molar-refractivity contribution in [1.82, 2.24) is 4.98 Å². The van der Waals surface area contributed by atoms with Crippen molar-refractivity contribution >= 4 is 5.82 Å². The maximum atomic E-state index is 9.03. The van der Waals surface area contributed by atoms with Crippen LogP contribution in [0.1, 0.15) is 31.0 Å². The van der Waals surface area contributed by atoms with E-state index in [0.29, 0.717) is 11.6 Å². The first-order valence-electron chi connectivity index (χ1n) is 6.95. The zero-order chi connectivity index (χ0) is 13.7. The summed E-state index contributed by atoms with van der Waals surface area (Å²) in [7, 11) is 0. The Morgan fingerprint density at radius 2 is 2.16 bits per heavy atom. The Labute approximate surface area is 115 Å². The number of ether oxygens (including phenoxy) is 1. The highest BCUT2D eigenvalue weighted by atomic mass is 16.5. The minimum Gasteiger partial charge on any atom is -0.381 e. The molecule has 0 N–H and O–H groups in total. The summed E-state index contributed by atoms with van der Waals surface area (Å²) in [4.78, 5) is 6.70. The van der Waals surface area contributed by atoms with E-state index in [2.05, 4.69) is 16.0 Å². The Morgan fingerprint density at radius 1 is 1.42 bits per heavy atom. The molecule has 0 aromatic carbocycles. The lowest BCUT2D eigenvalue weighted by atomic mass is 9.98. The van der Waals surface area contributed by atoms with E-state index < -0.39 is 0 Å². The average molecular weight is 259 g/mol. The maximum Gasteiger partial charge on any atom is 0.145 e. The zero-order valence-corrected chi connectivity index (χ0v) is 11.7. The molecule has 19 heavy (non-hydrogen) atoms. The van der Waals surface area contributed by atoms with Crippen LogP contribution in [0.25, 0.3) is 0 Å². The van der Waals surface area contributed by atoms with Gasteiger partial charge in [0, 0.05) is 26.3 Å². The van der Waals surface area contributed by atoms with Crippen molar-refractivity contribution < 1.29 is 4.74 Å². The van der Waals surface area contributed by atoms with Gasteiger partial charge in [0.05, 0.1) is 0 Å². The Kier molecular flexibility index (Phi) is 4.75. The van der Waals surface area contributed by atoms with Crippen molar-refractivity contribution in [2.24, 2.45) is 5.92 Å². The molecule has 0 atom stereocenters. The molecule has 1 saturated heterocycles. The van der Waals surface area contributed by atoms with E-state index in [0.717, 1.165) is 50.5 Å². The maximum absolute atomic E-state index is 9.03. The van der Waals surface area contributed by atoms with Crippen molar-refractivity contribution in [3.8, 4) is 6.07 Å². The minimum atomic E-state index is 0.536. The molecule has 4 heteroatoms. The molecule has 4 nitrogen and oxygen atoms in total. The van der Waals surface area contributed by atoms with E-state index in [1.54, 1.807) is 0 Å². The summed E-state index contributed by atoms with van der Waals surface area (Å²) in [5.41, 5.74) is 1.48. The first kappa shape index (κ1) is 13.8. The molecule has 1 aliphatic heterocycles. The molecule has 0 saturated carbocycles. The van der Waals surface area contributed by atoms with E-state index in [9.17, 15) is 0 Å². The Bertz CT molecular complexity index is 459. The molecule has 0 bridgehead atoms. The van der Waals surface area contributed by atoms with Gasteiger partial charge in [0.1, 0.15) is 17.6 Å². The molecule has 2 rings (SSSR count). The van der Waals surface area contributed by atoms with Gasteiger partial charge in [-0.25, -0.2) is 4.98 Å². The predicted octanol–water partition coefficient (Wildman–Crippen LogP) is 2.51. The number of hydrogen-bond acceptors (Lipinski definition) is 4. The molecular weight excluding hydrogens is 238 g/mol. The molecule has 0 radical (unpaired) electrons. The fraction of sp³-hybridized carbons (Fsp3) is 0.600. The number of aryl methyl sites for hydroxylation is 1. The van der Waals surface area contributed by atoms with Crippen LogP contribution in [0.15, 0.2) is 12.1 Å². The highest BCUT2D eigenvalue weighted by Gasteiger charge is 2.20. The standard InChI is InChI=1S/C15H21N3O/c1-3-19-11-13-6-8-18(9-7-13)15-5-4-12(2)14(10-16)17-15/h4-5,13H,3,6-9,11H2,1-2H3. The van der Waals surface area contributed by atoms with Crippen LogP contribution >= 0.6 is 0 Å². The van der Waals surface area contributed by atoms with E-state index in [4.69, 9.17) is 10.00 Å². The second kappa shape index (κ2) is 6.53. The van der Waals surface area contributed by atoms with Crippen LogP contribution in [0.2, 0.25) is 0 Å². The van der Waals surface area contributed by atoms with Crippen LogP contribution in [0, 0.1) is 24.2 Å². The summed E-state index contributed by atoms with van der Waals surface area (Å²) in [5, 5.41) is 9.03. The molecule has 102 valence electrons. The van der Waals surface area contributed by atoms with Crippen molar-refractivity contribution in [2.75, 3.05) is 31.2 Å². The molecular formula is C15H21N3O. The van der Waals surface area contributed by atoms with Gasteiger partial charge in [-0.1, -0.05) is 6.07 Å². The van der Waals surface area contributed by atoms with Crippen LogP contribution in [0.3, 0.4) is 0 Å². The summed E-state index contributed by atoms with van der Waals surface area (Å²) in [6.07, 6.45) is 2.27. The van der Waals surface area contributed by atoms with Crippen molar-refractivity contribution in [1.29, 1.82) is 5.26 Å². The third-order valence-corrected chi connectivity index (χ3v) is 3.68. The number of aromatic nitrogens is 1. The molecule has 0 spiro atoms. The fourth-order valence-electron chi connectivity index (χ4n) is 2.42. The van der Waals surface area contributed by atoms with E-state index in [1.165, 1.54) is 0 Å². The van der Waals surface area contributed by atoms with Gasteiger partial charge >= 0.3 is 0 Å². The smallest absolute Gasteiger partial charge is 0.145 e. The van der Waals surface area contributed by atoms with Crippen molar-refractivity contribution in [3.63, 3.8) is 0 Å². The number of anilines is 1. The predicted molar refractivity (Wildman–Crippen MR) is 75.1 cm³/mol. The molecule has 1 fully saturated rings. The number of pyridine rings is 1. The monoisotopic (exact) mass is 259 g/mol. The van der Waals surface area contributed by atoms with Gasteiger partial charge in [0.2, 0.25) is 0 Å². The second-order valence-electron chi connectivity index (χ2n) is 5.04. The lowest BCUT2D eigenvalue weighted by molar-refractivity contribution is 0.100. The van der Waals surface area contributed by atoms with Gasteiger partial charge in [0.15, 0.2) is 0 Å². The molecule has 1 aliphatic rings. The van der Waals surface area contributed by atoms with Crippen molar-refractivity contribution in [3.05, 3.63) is 23.4 Å². The molecule has 0 unspecified atom stereocenters. The largest absolute Gasteiger partial charge is 0.381 e. The summed E-state index contributed by atoms with van der Waals surface area (Å²) < 4.78 is 5.49. The van der Waals surface area contributed by atoms with Crippen LogP contribution in [-0.4, -0.2) is 31.3 Å². The molecule has 1 aromatic heterocycles. The molecule has 0 amide bonds. The third-order valence-electron chi connectivity index (χ3n) is 3.68. The average Bonchev–Trinajstić information content (AvgIpc) is 2.46. The Balaban J connectivity index is 1.96. The number of nitrogens with zero attached hydrogens (tertiary/aromatic N) is 3. The summed E-state index contributed by atoms with van der Waals surface area (Å²) >= 11 is 0. The van der Waals surface area contributed by atoms with E-state index in [-0.39, 0.29) is 0 Å². The molecule has 2 heterocycles. The highest BCUT2D eigenvalue weighted by Crippen LogP contribution is 2.23. The van der Waals surface area contributed by atoms with Gasteiger partial charge < -0.3 is 9.64 Å². The number of piperidine rings is 1. The van der Waals surface area contributed by atoms with Crippen LogP contribution < -0.4 is 4.90 Å². The fourth-order valence-corrected chi connectivity index (χ4v) is 2.42. The second-order valence-corrected chi connectivity index (χ2v) is 5.04. The number of nitriles is 1. The third kappa shape index (κ3) is 3.45. The number of hydrogen-bond donors (Lipinski definition) is 0. The molecule has 1 aromatic rings. The SMILES string of the molecule is CCOCC1CCN(c2ccc(C)c(C#N)n2)CC1. The normalized spacial score (nSPS) is 16.4. The first-order valence-corrected chi connectivity index (χ1v) is 6.95. The molecule has 0 aliphatic carbocycles. The van der Waals surface area contributed by atoms with Crippen LogP contribution in [-0.2, 0) is 4.74 Å². The lowest BCUT2D eigenvalue weighted by Gasteiger charge is -2.32. The van der Waals surface area contributed by atoms with Gasteiger partial charge in [-0.2, -0.15) is 5.26 Å². The zero-order valence-electron chi connectivity index (χ0n) is 11.7. The van der Waals surface area contributed by atoms with Crippen LogP contribution in [0.5, 0.6) is 0 Å². The topological polar surface area (TPSA) is 49.1 Å². The number of rotatable bonds is 4. The van der Waals surface area contributed by atoms with E-state index in [1.807, 2.05) is 26.0 Å². The van der Waals surface area contributed by atoms with Crippen LogP contribution in [0.4, 0.5) is 5.82 Å².